The van der Waals surface area contributed by atoms with Gasteiger partial charge in [-0.2, -0.15) is 0 Å². The summed E-state index contributed by atoms with van der Waals surface area (Å²) in [4.78, 5) is 30.4. The lowest BCUT2D eigenvalue weighted by Crippen LogP contribution is -2.35. The first-order chi connectivity index (χ1) is 14.4. The molecule has 1 atom stereocenters. The van der Waals surface area contributed by atoms with Crippen LogP contribution in [0.3, 0.4) is 0 Å². The number of nitrogens with zero attached hydrogens (tertiary/aromatic N) is 2. The molecule has 1 aromatic heterocycles. The first kappa shape index (κ1) is 21.8. The van der Waals surface area contributed by atoms with Crippen molar-refractivity contribution < 1.29 is 19.4 Å². The van der Waals surface area contributed by atoms with Gasteiger partial charge < -0.3 is 9.84 Å². The number of thiazole rings is 1. The average Bonchev–Trinajstić information content (AvgIpc) is 3.22. The minimum Gasteiger partial charge on any atom is -0.497 e. The number of aromatic nitrogens is 1. The zero-order chi connectivity index (χ0) is 21.7. The zero-order valence-corrected chi connectivity index (χ0v) is 18.1. The predicted molar refractivity (Wildman–Crippen MR) is 118 cm³/mol. The Balaban J connectivity index is 1.80. The number of carbonyl (C=O) groups excluding carboxylic acids is 1. The van der Waals surface area contributed by atoms with Crippen LogP contribution < -0.4 is 9.64 Å². The van der Waals surface area contributed by atoms with Crippen LogP contribution in [0.15, 0.2) is 53.9 Å². The van der Waals surface area contributed by atoms with Gasteiger partial charge in [0.05, 0.1) is 25.1 Å². The number of anilines is 1. The van der Waals surface area contributed by atoms with Gasteiger partial charge >= 0.3 is 5.97 Å². The zero-order valence-electron chi connectivity index (χ0n) is 16.5. The van der Waals surface area contributed by atoms with Crippen molar-refractivity contribution in [1.82, 2.24) is 4.98 Å². The molecule has 0 unspecified atom stereocenters. The number of benzene rings is 2. The topological polar surface area (TPSA) is 79.7 Å². The minimum atomic E-state index is -1.02. The van der Waals surface area contributed by atoms with Gasteiger partial charge in [0.15, 0.2) is 5.13 Å². The summed E-state index contributed by atoms with van der Waals surface area (Å²) in [7, 11) is 3.19. The van der Waals surface area contributed by atoms with E-state index < -0.39 is 11.9 Å². The highest BCUT2D eigenvalue weighted by Crippen LogP contribution is 2.32. The highest BCUT2D eigenvalue weighted by atomic mass is 35.5. The predicted octanol–water partition coefficient (Wildman–Crippen LogP) is 4.77. The number of carboxylic acids is 1. The van der Waals surface area contributed by atoms with Crippen LogP contribution in [0.5, 0.6) is 5.75 Å². The molecule has 6 nitrogen and oxygen atoms in total. The molecule has 0 aliphatic carbocycles. The summed E-state index contributed by atoms with van der Waals surface area (Å²) >= 11 is 7.55. The monoisotopic (exact) mass is 444 g/mol. The van der Waals surface area contributed by atoms with Crippen molar-refractivity contribution in [3.8, 4) is 17.0 Å². The molecule has 156 valence electrons. The quantitative estimate of drug-likeness (QED) is 0.541. The van der Waals surface area contributed by atoms with Crippen molar-refractivity contribution in [3.05, 3.63) is 64.5 Å². The lowest BCUT2D eigenvalue weighted by Gasteiger charge is -2.21. The summed E-state index contributed by atoms with van der Waals surface area (Å²) < 4.78 is 5.14. The van der Waals surface area contributed by atoms with E-state index in [-0.39, 0.29) is 12.3 Å². The molecule has 0 radical (unpaired) electrons. The number of ether oxygens (including phenoxy) is 1. The number of hydrogen-bond acceptors (Lipinski definition) is 5. The van der Waals surface area contributed by atoms with E-state index in [0.717, 1.165) is 11.1 Å². The van der Waals surface area contributed by atoms with Gasteiger partial charge in [0.2, 0.25) is 5.91 Å². The molecule has 0 aliphatic heterocycles. The van der Waals surface area contributed by atoms with Crippen LogP contribution in [0, 0.1) is 5.92 Å². The SMILES string of the molecule is COc1ccc(C[C@H](CC(=O)O)C(=O)N(C)c2nc(-c3ccccc3Cl)cs2)cc1. The van der Waals surface area contributed by atoms with E-state index in [1.807, 2.05) is 35.7 Å². The normalized spacial score (nSPS) is 11.7. The van der Waals surface area contributed by atoms with Gasteiger partial charge in [-0.1, -0.05) is 41.9 Å². The molecular weight excluding hydrogens is 424 g/mol. The first-order valence-electron chi connectivity index (χ1n) is 9.21. The van der Waals surface area contributed by atoms with E-state index in [1.165, 1.54) is 16.2 Å². The molecule has 0 saturated heterocycles. The van der Waals surface area contributed by atoms with Crippen molar-refractivity contribution in [2.75, 3.05) is 19.1 Å². The maximum atomic E-state index is 13.1. The summed E-state index contributed by atoms with van der Waals surface area (Å²) in [5.74, 6) is -1.33. The van der Waals surface area contributed by atoms with E-state index in [4.69, 9.17) is 16.3 Å². The van der Waals surface area contributed by atoms with E-state index in [9.17, 15) is 14.7 Å². The number of aliphatic carboxylic acids is 1. The lowest BCUT2D eigenvalue weighted by molar-refractivity contribution is -0.140. The van der Waals surface area contributed by atoms with Gasteiger partial charge in [-0.3, -0.25) is 14.5 Å². The maximum absolute atomic E-state index is 13.1. The van der Waals surface area contributed by atoms with Gasteiger partial charge in [0.25, 0.3) is 0 Å². The molecule has 0 spiro atoms. The van der Waals surface area contributed by atoms with Crippen LogP contribution in [0.4, 0.5) is 5.13 Å². The van der Waals surface area contributed by atoms with Gasteiger partial charge in [-0.25, -0.2) is 4.98 Å². The molecule has 0 aliphatic rings. The fraction of sp³-hybridized carbons (Fsp3) is 0.227. The third-order valence-electron chi connectivity index (χ3n) is 4.67. The fourth-order valence-corrected chi connectivity index (χ4v) is 4.11. The van der Waals surface area contributed by atoms with E-state index in [0.29, 0.717) is 28.0 Å². The largest absolute Gasteiger partial charge is 0.497 e. The van der Waals surface area contributed by atoms with Crippen molar-refractivity contribution in [3.63, 3.8) is 0 Å². The van der Waals surface area contributed by atoms with Crippen molar-refractivity contribution in [2.45, 2.75) is 12.8 Å². The number of hydrogen-bond donors (Lipinski definition) is 1. The number of carbonyl (C=O) groups is 2. The van der Waals surface area contributed by atoms with Crippen LogP contribution in [-0.4, -0.2) is 36.1 Å². The van der Waals surface area contributed by atoms with Gasteiger partial charge in [0, 0.05) is 23.0 Å². The molecular formula is C22H21ClN2O4S. The summed E-state index contributed by atoms with van der Waals surface area (Å²) in [5, 5.41) is 12.2. The van der Waals surface area contributed by atoms with Crippen molar-refractivity contribution in [2.24, 2.45) is 5.92 Å². The second-order valence-electron chi connectivity index (χ2n) is 6.74. The second-order valence-corrected chi connectivity index (χ2v) is 7.98. The lowest BCUT2D eigenvalue weighted by atomic mass is 9.95. The number of methoxy groups -OCH3 is 1. The number of rotatable bonds is 8. The van der Waals surface area contributed by atoms with Crippen LogP contribution in [0.2, 0.25) is 5.02 Å². The molecule has 2 aromatic carbocycles. The Bertz CT molecular complexity index is 1040. The third kappa shape index (κ3) is 5.17. The van der Waals surface area contributed by atoms with Crippen LogP contribution >= 0.6 is 22.9 Å². The molecule has 30 heavy (non-hydrogen) atoms. The average molecular weight is 445 g/mol. The molecule has 0 bridgehead atoms. The van der Waals surface area contributed by atoms with Gasteiger partial charge in [-0.15, -0.1) is 11.3 Å². The van der Waals surface area contributed by atoms with E-state index in [1.54, 1.807) is 32.4 Å². The smallest absolute Gasteiger partial charge is 0.304 e. The Hall–Kier alpha value is -2.90. The van der Waals surface area contributed by atoms with E-state index in [2.05, 4.69) is 4.98 Å². The molecule has 1 N–H and O–H groups in total. The Morgan fingerprint density at radius 2 is 1.90 bits per heavy atom. The Morgan fingerprint density at radius 3 is 2.53 bits per heavy atom. The van der Waals surface area contributed by atoms with Gasteiger partial charge in [-0.05, 0) is 30.2 Å². The Labute approximate surface area is 183 Å². The molecule has 1 heterocycles. The summed E-state index contributed by atoms with van der Waals surface area (Å²) in [6.07, 6.45) is 0.0418. The van der Waals surface area contributed by atoms with Crippen LogP contribution in [0.1, 0.15) is 12.0 Å². The molecule has 3 rings (SSSR count). The third-order valence-corrected chi connectivity index (χ3v) is 5.92. The Kier molecular flexibility index (Phi) is 7.07. The standard InChI is InChI=1S/C22H21ClN2O4S/c1-25(22-24-19(13-30-22)17-5-3-4-6-18(17)23)21(28)15(12-20(26)27)11-14-7-9-16(29-2)10-8-14/h3-10,13,15H,11-12H2,1-2H3,(H,26,27)/t15-/m1/s1. The summed E-state index contributed by atoms with van der Waals surface area (Å²) in [6.45, 7) is 0. The number of carboxylic acid groups (broad SMARTS) is 1. The maximum Gasteiger partial charge on any atom is 0.304 e. The van der Waals surface area contributed by atoms with Gasteiger partial charge in [0.1, 0.15) is 5.75 Å². The minimum absolute atomic E-state index is 0.266. The molecule has 1 amide bonds. The summed E-state index contributed by atoms with van der Waals surface area (Å²) in [5.41, 5.74) is 2.31. The molecule has 0 fully saturated rings. The number of halogens is 1. The Morgan fingerprint density at radius 1 is 1.20 bits per heavy atom. The highest BCUT2D eigenvalue weighted by Gasteiger charge is 2.27. The van der Waals surface area contributed by atoms with Crippen LogP contribution in [-0.2, 0) is 16.0 Å². The molecule has 8 heteroatoms. The number of amides is 1. The summed E-state index contributed by atoms with van der Waals surface area (Å²) in [6, 6.07) is 14.6. The van der Waals surface area contributed by atoms with Crippen molar-refractivity contribution >= 4 is 39.9 Å². The molecule has 0 saturated carbocycles. The van der Waals surface area contributed by atoms with Crippen molar-refractivity contribution in [1.29, 1.82) is 0 Å². The second kappa shape index (κ2) is 9.73. The first-order valence-corrected chi connectivity index (χ1v) is 10.5. The fourth-order valence-electron chi connectivity index (χ4n) is 3.08. The van der Waals surface area contributed by atoms with Crippen LogP contribution in [0.25, 0.3) is 11.3 Å². The van der Waals surface area contributed by atoms with E-state index >= 15 is 0 Å². The highest BCUT2D eigenvalue weighted by molar-refractivity contribution is 7.14. The molecule has 3 aromatic rings.